The van der Waals surface area contributed by atoms with E-state index in [2.05, 4.69) is 13.8 Å². The number of carbonyl (C=O) groups excluding carboxylic acids is 2. The zero-order valence-corrected chi connectivity index (χ0v) is 10.5. The molecular weight excluding hydrogens is 204 g/mol. The van der Waals surface area contributed by atoms with E-state index in [-0.39, 0.29) is 23.6 Å². The molecule has 92 valence electrons. The van der Waals surface area contributed by atoms with Gasteiger partial charge in [-0.3, -0.25) is 9.59 Å². The first-order valence-electron chi connectivity index (χ1n) is 6.25. The number of rotatable bonds is 7. The van der Waals surface area contributed by atoms with Crippen molar-refractivity contribution < 1.29 is 14.3 Å². The zero-order valence-electron chi connectivity index (χ0n) is 10.5. The number of esters is 1. The van der Waals surface area contributed by atoms with Gasteiger partial charge >= 0.3 is 5.97 Å². The van der Waals surface area contributed by atoms with E-state index in [1.165, 1.54) is 0 Å². The van der Waals surface area contributed by atoms with Crippen LogP contribution < -0.4 is 0 Å². The molecule has 1 fully saturated rings. The lowest BCUT2D eigenvalue weighted by atomic mass is 10.0. The first-order chi connectivity index (χ1) is 7.56. The van der Waals surface area contributed by atoms with E-state index in [0.717, 1.165) is 12.8 Å². The maximum atomic E-state index is 11.7. The summed E-state index contributed by atoms with van der Waals surface area (Å²) in [6, 6.07) is 0. The van der Waals surface area contributed by atoms with E-state index in [1.54, 1.807) is 6.92 Å². The van der Waals surface area contributed by atoms with E-state index in [4.69, 9.17) is 4.74 Å². The lowest BCUT2D eigenvalue weighted by Gasteiger charge is -2.03. The van der Waals surface area contributed by atoms with E-state index in [1.807, 2.05) is 0 Å². The van der Waals surface area contributed by atoms with Crippen LogP contribution in [0.3, 0.4) is 0 Å². The predicted molar refractivity (Wildman–Crippen MR) is 61.9 cm³/mol. The van der Waals surface area contributed by atoms with Crippen LogP contribution in [0.5, 0.6) is 0 Å². The number of hydrogen-bond donors (Lipinski definition) is 0. The minimum absolute atomic E-state index is 0.0359. The van der Waals surface area contributed by atoms with Crippen LogP contribution in [0.4, 0.5) is 0 Å². The highest BCUT2D eigenvalue weighted by molar-refractivity contribution is 5.91. The number of Topliss-reactive ketones (excluding diaryl/α,β-unsaturated/α-hetero) is 1. The Kier molecular flexibility index (Phi) is 4.97. The smallest absolute Gasteiger partial charge is 0.309 e. The first kappa shape index (κ1) is 13.2. The number of hydrogen-bond acceptors (Lipinski definition) is 3. The van der Waals surface area contributed by atoms with Gasteiger partial charge in [-0.25, -0.2) is 0 Å². The fourth-order valence-electron chi connectivity index (χ4n) is 1.93. The van der Waals surface area contributed by atoms with Gasteiger partial charge in [0.15, 0.2) is 0 Å². The molecule has 0 aliphatic heterocycles. The van der Waals surface area contributed by atoms with Crippen LogP contribution in [0.25, 0.3) is 0 Å². The van der Waals surface area contributed by atoms with Gasteiger partial charge in [-0.15, -0.1) is 0 Å². The summed E-state index contributed by atoms with van der Waals surface area (Å²) in [6.45, 7) is 6.51. The van der Waals surface area contributed by atoms with Crippen LogP contribution >= 0.6 is 0 Å². The average Bonchev–Trinajstić information content (AvgIpc) is 2.96. The Morgan fingerprint density at radius 3 is 2.56 bits per heavy atom. The molecule has 0 heterocycles. The van der Waals surface area contributed by atoms with Gasteiger partial charge in [0.1, 0.15) is 5.78 Å². The van der Waals surface area contributed by atoms with Crippen molar-refractivity contribution in [2.45, 2.75) is 46.5 Å². The van der Waals surface area contributed by atoms with Crippen molar-refractivity contribution in [1.29, 1.82) is 0 Å². The molecule has 0 radical (unpaired) electrons. The summed E-state index contributed by atoms with van der Waals surface area (Å²) in [7, 11) is 0. The molecule has 1 saturated carbocycles. The summed E-state index contributed by atoms with van der Waals surface area (Å²) in [5.41, 5.74) is 0. The minimum atomic E-state index is -0.190. The summed E-state index contributed by atoms with van der Waals surface area (Å²) < 4.78 is 4.90. The van der Waals surface area contributed by atoms with Crippen molar-refractivity contribution in [3.05, 3.63) is 0 Å². The third-order valence-corrected chi connectivity index (χ3v) is 3.00. The van der Waals surface area contributed by atoms with Crippen molar-refractivity contribution in [1.82, 2.24) is 0 Å². The van der Waals surface area contributed by atoms with Crippen molar-refractivity contribution in [3.63, 3.8) is 0 Å². The fourth-order valence-corrected chi connectivity index (χ4v) is 1.93. The molecule has 1 aliphatic carbocycles. The molecule has 1 aliphatic rings. The summed E-state index contributed by atoms with van der Waals surface area (Å²) in [5, 5.41) is 0. The molecule has 3 nitrogen and oxygen atoms in total. The highest BCUT2D eigenvalue weighted by Crippen LogP contribution is 2.41. The fraction of sp³-hybridized carbons (Fsp3) is 0.846. The van der Waals surface area contributed by atoms with Gasteiger partial charge in [-0.2, -0.15) is 0 Å². The molecular formula is C13H22O3. The summed E-state index contributed by atoms with van der Waals surface area (Å²) in [5.74, 6) is 0.536. The van der Waals surface area contributed by atoms with E-state index >= 15 is 0 Å². The second kappa shape index (κ2) is 6.02. The lowest BCUT2D eigenvalue weighted by Crippen LogP contribution is -2.11. The van der Waals surface area contributed by atoms with Gasteiger partial charge in [0.25, 0.3) is 0 Å². The van der Waals surface area contributed by atoms with Crippen LogP contribution in [0.1, 0.15) is 46.5 Å². The summed E-state index contributed by atoms with van der Waals surface area (Å²) >= 11 is 0. The third-order valence-electron chi connectivity index (χ3n) is 3.00. The maximum absolute atomic E-state index is 11.7. The molecule has 0 spiro atoms. The largest absolute Gasteiger partial charge is 0.466 e. The van der Waals surface area contributed by atoms with Crippen molar-refractivity contribution in [2.75, 3.05) is 6.61 Å². The Bertz CT molecular complexity index is 258. The number of ketones is 1. The molecule has 2 atom stereocenters. The van der Waals surface area contributed by atoms with Crippen LogP contribution in [-0.4, -0.2) is 18.4 Å². The highest BCUT2D eigenvalue weighted by Gasteiger charge is 2.48. The van der Waals surface area contributed by atoms with Crippen LogP contribution in [0.2, 0.25) is 0 Å². The molecule has 0 aromatic carbocycles. The summed E-state index contributed by atoms with van der Waals surface area (Å²) in [4.78, 5) is 23.0. The molecule has 0 amide bonds. The Hall–Kier alpha value is -0.860. The Morgan fingerprint density at radius 1 is 1.31 bits per heavy atom. The standard InChI is InChI=1S/C13H22O3/c1-4-16-13(15)11-8-10(11)12(14)7-5-6-9(2)3/h9-11H,4-8H2,1-3H3/t10-,11-/m0/s1. The Morgan fingerprint density at radius 2 is 2.00 bits per heavy atom. The van der Waals surface area contributed by atoms with Gasteiger partial charge in [0.05, 0.1) is 12.5 Å². The monoisotopic (exact) mass is 226 g/mol. The van der Waals surface area contributed by atoms with Crippen molar-refractivity contribution in [2.24, 2.45) is 17.8 Å². The summed E-state index contributed by atoms with van der Waals surface area (Å²) in [6.07, 6.45) is 3.36. The molecule has 0 aromatic rings. The van der Waals surface area contributed by atoms with E-state index in [0.29, 0.717) is 25.4 Å². The molecule has 3 heteroatoms. The lowest BCUT2D eigenvalue weighted by molar-refractivity contribution is -0.145. The molecule has 0 bridgehead atoms. The number of carbonyl (C=O) groups is 2. The van der Waals surface area contributed by atoms with Gasteiger partial charge < -0.3 is 4.74 Å². The van der Waals surface area contributed by atoms with Gasteiger partial charge in [-0.05, 0) is 25.7 Å². The first-order valence-corrected chi connectivity index (χ1v) is 6.25. The topological polar surface area (TPSA) is 43.4 Å². The van der Waals surface area contributed by atoms with Crippen LogP contribution in [0, 0.1) is 17.8 Å². The van der Waals surface area contributed by atoms with Gasteiger partial charge in [-0.1, -0.05) is 20.3 Å². The molecule has 0 unspecified atom stereocenters. The normalized spacial score (nSPS) is 23.2. The molecule has 1 rings (SSSR count). The van der Waals surface area contributed by atoms with Gasteiger partial charge in [0, 0.05) is 12.3 Å². The second-order valence-corrected chi connectivity index (χ2v) is 4.95. The zero-order chi connectivity index (χ0) is 12.1. The molecule has 0 N–H and O–H groups in total. The molecule has 16 heavy (non-hydrogen) atoms. The van der Waals surface area contributed by atoms with Crippen molar-refractivity contribution >= 4 is 11.8 Å². The Balaban J connectivity index is 2.18. The van der Waals surface area contributed by atoms with Crippen LogP contribution in [-0.2, 0) is 14.3 Å². The van der Waals surface area contributed by atoms with Crippen molar-refractivity contribution in [3.8, 4) is 0 Å². The van der Waals surface area contributed by atoms with E-state index < -0.39 is 0 Å². The van der Waals surface area contributed by atoms with Crippen LogP contribution in [0.15, 0.2) is 0 Å². The quantitative estimate of drug-likeness (QED) is 0.627. The third kappa shape index (κ3) is 3.95. The molecule has 0 aromatic heterocycles. The van der Waals surface area contributed by atoms with E-state index in [9.17, 15) is 9.59 Å². The highest BCUT2D eigenvalue weighted by atomic mass is 16.5. The minimum Gasteiger partial charge on any atom is -0.466 e. The Labute approximate surface area is 97.5 Å². The maximum Gasteiger partial charge on any atom is 0.309 e. The SMILES string of the molecule is CCOC(=O)[C@H]1C[C@@H]1C(=O)CCCC(C)C. The molecule has 0 saturated heterocycles. The van der Waals surface area contributed by atoms with Gasteiger partial charge in [0.2, 0.25) is 0 Å². The number of ether oxygens (including phenoxy) is 1. The predicted octanol–water partition coefficient (Wildman–Crippen LogP) is 2.58. The second-order valence-electron chi connectivity index (χ2n) is 4.95. The average molecular weight is 226 g/mol.